The SMILES string of the molecule is CCCC(C)(CO)NC(=O)Nc1cccc(COCC2CC2)c1. The van der Waals surface area contributed by atoms with Crippen molar-refractivity contribution in [3.8, 4) is 0 Å². The summed E-state index contributed by atoms with van der Waals surface area (Å²) in [7, 11) is 0. The molecule has 1 fully saturated rings. The van der Waals surface area contributed by atoms with Gasteiger partial charge in [-0.3, -0.25) is 0 Å². The first-order chi connectivity index (χ1) is 11.0. The molecule has 0 aromatic heterocycles. The Morgan fingerprint density at radius 1 is 1.43 bits per heavy atom. The molecule has 2 rings (SSSR count). The van der Waals surface area contributed by atoms with Crippen LogP contribution >= 0.6 is 0 Å². The Kier molecular flexibility index (Phi) is 6.42. The lowest BCUT2D eigenvalue weighted by atomic mass is 9.98. The topological polar surface area (TPSA) is 70.6 Å². The van der Waals surface area contributed by atoms with Gasteiger partial charge in [-0.25, -0.2) is 4.79 Å². The van der Waals surface area contributed by atoms with Crippen LogP contribution in [0.25, 0.3) is 0 Å². The molecular weight excluding hydrogens is 292 g/mol. The van der Waals surface area contributed by atoms with Crippen LogP contribution in [0.4, 0.5) is 10.5 Å². The zero-order chi connectivity index (χ0) is 16.7. The average Bonchev–Trinajstić information content (AvgIpc) is 3.32. The third-order valence-electron chi connectivity index (χ3n) is 4.07. The maximum absolute atomic E-state index is 12.1. The second-order valence-electron chi connectivity index (χ2n) is 6.71. The molecule has 3 N–H and O–H groups in total. The van der Waals surface area contributed by atoms with Gasteiger partial charge in [-0.1, -0.05) is 25.5 Å². The molecule has 2 amide bonds. The van der Waals surface area contributed by atoms with Gasteiger partial charge in [0.1, 0.15) is 0 Å². The summed E-state index contributed by atoms with van der Waals surface area (Å²) < 4.78 is 5.67. The van der Waals surface area contributed by atoms with Crippen LogP contribution in [0.15, 0.2) is 24.3 Å². The van der Waals surface area contributed by atoms with E-state index < -0.39 is 5.54 Å². The van der Waals surface area contributed by atoms with Crippen molar-refractivity contribution in [1.29, 1.82) is 0 Å². The number of anilines is 1. The van der Waals surface area contributed by atoms with Crippen molar-refractivity contribution in [1.82, 2.24) is 5.32 Å². The van der Waals surface area contributed by atoms with E-state index in [9.17, 15) is 9.90 Å². The molecule has 5 nitrogen and oxygen atoms in total. The van der Waals surface area contributed by atoms with Gasteiger partial charge in [0.2, 0.25) is 0 Å². The number of rotatable bonds is 9. The third-order valence-corrected chi connectivity index (χ3v) is 4.07. The zero-order valence-electron chi connectivity index (χ0n) is 14.1. The van der Waals surface area contributed by atoms with E-state index in [0.29, 0.717) is 6.61 Å². The summed E-state index contributed by atoms with van der Waals surface area (Å²) in [6.45, 7) is 5.18. The summed E-state index contributed by atoms with van der Waals surface area (Å²) in [6, 6.07) is 7.36. The Morgan fingerprint density at radius 2 is 2.22 bits per heavy atom. The van der Waals surface area contributed by atoms with Crippen molar-refractivity contribution in [2.75, 3.05) is 18.5 Å². The number of urea groups is 1. The van der Waals surface area contributed by atoms with E-state index in [2.05, 4.69) is 10.6 Å². The molecule has 1 saturated carbocycles. The van der Waals surface area contributed by atoms with Crippen molar-refractivity contribution in [3.63, 3.8) is 0 Å². The van der Waals surface area contributed by atoms with E-state index in [0.717, 1.165) is 36.6 Å². The smallest absolute Gasteiger partial charge is 0.319 e. The summed E-state index contributed by atoms with van der Waals surface area (Å²) >= 11 is 0. The summed E-state index contributed by atoms with van der Waals surface area (Å²) in [5.74, 6) is 0.747. The molecule has 0 radical (unpaired) electrons. The lowest BCUT2D eigenvalue weighted by molar-refractivity contribution is 0.111. The van der Waals surface area contributed by atoms with Crippen molar-refractivity contribution in [3.05, 3.63) is 29.8 Å². The van der Waals surface area contributed by atoms with Crippen molar-refractivity contribution >= 4 is 11.7 Å². The number of nitrogens with one attached hydrogen (secondary N) is 2. The zero-order valence-corrected chi connectivity index (χ0v) is 14.1. The molecular formula is C18H28N2O3. The molecule has 0 spiro atoms. The summed E-state index contributed by atoms with van der Waals surface area (Å²) in [5, 5.41) is 15.1. The third kappa shape index (κ3) is 6.20. The highest BCUT2D eigenvalue weighted by Crippen LogP contribution is 2.29. The Hall–Kier alpha value is -1.59. The van der Waals surface area contributed by atoms with Crippen LogP contribution in [0, 0.1) is 5.92 Å². The number of amides is 2. The number of carbonyl (C=O) groups is 1. The van der Waals surface area contributed by atoms with Gasteiger partial charge >= 0.3 is 6.03 Å². The van der Waals surface area contributed by atoms with Crippen molar-refractivity contribution in [2.45, 2.75) is 51.7 Å². The quantitative estimate of drug-likeness (QED) is 0.654. The Morgan fingerprint density at radius 3 is 2.87 bits per heavy atom. The number of aliphatic hydroxyl groups excluding tert-OH is 1. The van der Waals surface area contributed by atoms with Gasteiger partial charge in [-0.05, 0) is 49.8 Å². The van der Waals surface area contributed by atoms with Crippen LogP contribution in [0.2, 0.25) is 0 Å². The summed E-state index contributed by atoms with van der Waals surface area (Å²) in [5.41, 5.74) is 1.18. The van der Waals surface area contributed by atoms with E-state index in [1.54, 1.807) is 0 Å². The predicted molar refractivity (Wildman–Crippen MR) is 91.4 cm³/mol. The Bertz CT molecular complexity index is 517. The molecule has 128 valence electrons. The van der Waals surface area contributed by atoms with Crippen LogP contribution in [-0.4, -0.2) is 29.9 Å². The van der Waals surface area contributed by atoms with Crippen LogP contribution in [0.5, 0.6) is 0 Å². The first-order valence-electron chi connectivity index (χ1n) is 8.41. The van der Waals surface area contributed by atoms with Crippen LogP contribution < -0.4 is 10.6 Å². The largest absolute Gasteiger partial charge is 0.394 e. The molecule has 0 aliphatic heterocycles. The first kappa shape index (κ1) is 17.8. The Balaban J connectivity index is 1.84. The van der Waals surface area contributed by atoms with E-state index in [4.69, 9.17) is 4.74 Å². The maximum Gasteiger partial charge on any atom is 0.319 e. The lowest BCUT2D eigenvalue weighted by Gasteiger charge is -2.28. The number of benzene rings is 1. The van der Waals surface area contributed by atoms with Gasteiger partial charge in [0.15, 0.2) is 0 Å². The molecule has 1 aliphatic rings. The second kappa shape index (κ2) is 8.31. The van der Waals surface area contributed by atoms with Crippen LogP contribution in [-0.2, 0) is 11.3 Å². The van der Waals surface area contributed by atoms with Crippen LogP contribution in [0.3, 0.4) is 0 Å². The highest BCUT2D eigenvalue weighted by Gasteiger charge is 2.24. The molecule has 5 heteroatoms. The Labute approximate surface area is 138 Å². The fraction of sp³-hybridized carbons (Fsp3) is 0.611. The van der Waals surface area contributed by atoms with E-state index in [-0.39, 0.29) is 12.6 Å². The molecule has 1 aromatic carbocycles. The number of hydrogen-bond donors (Lipinski definition) is 3. The molecule has 1 atom stereocenters. The molecule has 0 saturated heterocycles. The molecule has 1 aromatic rings. The fourth-order valence-electron chi connectivity index (χ4n) is 2.54. The van der Waals surface area contributed by atoms with E-state index >= 15 is 0 Å². The minimum absolute atomic E-state index is 0.0801. The summed E-state index contributed by atoms with van der Waals surface area (Å²) in [4.78, 5) is 12.1. The van der Waals surface area contributed by atoms with E-state index in [1.165, 1.54) is 12.8 Å². The normalized spacial score (nSPS) is 16.7. The molecule has 1 aliphatic carbocycles. The van der Waals surface area contributed by atoms with Gasteiger partial charge in [-0.15, -0.1) is 0 Å². The highest BCUT2D eigenvalue weighted by molar-refractivity contribution is 5.89. The predicted octanol–water partition coefficient (Wildman–Crippen LogP) is 3.29. The second-order valence-corrected chi connectivity index (χ2v) is 6.71. The molecule has 23 heavy (non-hydrogen) atoms. The maximum atomic E-state index is 12.1. The van der Waals surface area contributed by atoms with Gasteiger partial charge in [-0.2, -0.15) is 0 Å². The fourth-order valence-corrected chi connectivity index (χ4v) is 2.54. The minimum atomic E-state index is -0.593. The number of ether oxygens (including phenoxy) is 1. The number of hydrogen-bond acceptors (Lipinski definition) is 3. The monoisotopic (exact) mass is 320 g/mol. The number of aliphatic hydroxyl groups is 1. The minimum Gasteiger partial charge on any atom is -0.394 e. The van der Waals surface area contributed by atoms with Gasteiger partial charge in [0, 0.05) is 12.3 Å². The van der Waals surface area contributed by atoms with Gasteiger partial charge in [0.05, 0.1) is 18.8 Å². The highest BCUT2D eigenvalue weighted by atomic mass is 16.5. The standard InChI is InChI=1S/C18H28N2O3/c1-3-9-18(2,13-21)20-17(22)19-16-6-4-5-15(10-16)12-23-11-14-7-8-14/h4-6,10,14,21H,3,7-9,11-13H2,1-2H3,(H2,19,20,22). The average molecular weight is 320 g/mol. The first-order valence-corrected chi connectivity index (χ1v) is 8.41. The van der Waals surface area contributed by atoms with Crippen LogP contribution in [0.1, 0.15) is 45.1 Å². The van der Waals surface area contributed by atoms with Crippen molar-refractivity contribution in [2.24, 2.45) is 5.92 Å². The lowest BCUT2D eigenvalue weighted by Crippen LogP contribution is -2.50. The van der Waals surface area contributed by atoms with Gasteiger partial charge in [0.25, 0.3) is 0 Å². The van der Waals surface area contributed by atoms with Gasteiger partial charge < -0.3 is 20.5 Å². The summed E-state index contributed by atoms with van der Waals surface area (Å²) in [6.07, 6.45) is 4.18. The van der Waals surface area contributed by atoms with E-state index in [1.807, 2.05) is 38.1 Å². The van der Waals surface area contributed by atoms with Crippen molar-refractivity contribution < 1.29 is 14.6 Å². The molecule has 0 heterocycles. The molecule has 1 unspecified atom stereocenters. The molecule has 0 bridgehead atoms. The number of carbonyl (C=O) groups excluding carboxylic acids is 1.